The van der Waals surface area contributed by atoms with Crippen molar-refractivity contribution in [2.45, 2.75) is 70.6 Å². The van der Waals surface area contributed by atoms with Crippen molar-refractivity contribution < 1.29 is 14.3 Å². The van der Waals surface area contributed by atoms with E-state index in [1.807, 2.05) is 20.8 Å². The van der Waals surface area contributed by atoms with E-state index in [1.54, 1.807) is 0 Å². The van der Waals surface area contributed by atoms with Gasteiger partial charge in [-0.15, -0.1) is 0 Å². The van der Waals surface area contributed by atoms with E-state index < -0.39 is 5.54 Å². The van der Waals surface area contributed by atoms with Gasteiger partial charge >= 0.3 is 6.03 Å². The summed E-state index contributed by atoms with van der Waals surface area (Å²) in [6.07, 6.45) is 5.86. The molecule has 0 bridgehead atoms. The van der Waals surface area contributed by atoms with Gasteiger partial charge in [0.15, 0.2) is 0 Å². The molecule has 3 fully saturated rings. The highest BCUT2D eigenvalue weighted by atomic mass is 16.5. The van der Waals surface area contributed by atoms with Crippen molar-refractivity contribution in [1.82, 2.24) is 15.1 Å². The Hall–Kier alpha value is -1.14. The van der Waals surface area contributed by atoms with Crippen LogP contribution in [0.1, 0.15) is 52.9 Å². The molecule has 1 N–H and O–H groups in total. The molecule has 3 unspecified atom stereocenters. The lowest BCUT2D eigenvalue weighted by Crippen LogP contribution is -2.53. The number of hydrogen-bond acceptors (Lipinski definition) is 4. The predicted octanol–water partition coefficient (Wildman–Crippen LogP) is 1.94. The van der Waals surface area contributed by atoms with Gasteiger partial charge < -0.3 is 10.1 Å². The van der Waals surface area contributed by atoms with E-state index in [9.17, 15) is 9.59 Å². The lowest BCUT2D eigenvalue weighted by atomic mass is 9.75. The first-order valence-corrected chi connectivity index (χ1v) is 8.92. The molecule has 0 aromatic carbocycles. The van der Waals surface area contributed by atoms with Gasteiger partial charge in [-0.2, -0.15) is 0 Å². The van der Waals surface area contributed by atoms with E-state index in [0.29, 0.717) is 6.67 Å². The minimum atomic E-state index is -0.721. The van der Waals surface area contributed by atoms with E-state index in [2.05, 4.69) is 10.2 Å². The molecule has 3 aliphatic rings. The molecule has 6 heteroatoms. The van der Waals surface area contributed by atoms with Gasteiger partial charge in [0.05, 0.1) is 18.9 Å². The average molecular weight is 323 g/mol. The van der Waals surface area contributed by atoms with Gasteiger partial charge in [-0.1, -0.05) is 19.3 Å². The smallest absolute Gasteiger partial charge is 0.326 e. The maximum Gasteiger partial charge on any atom is 0.326 e. The van der Waals surface area contributed by atoms with Gasteiger partial charge in [0.1, 0.15) is 5.54 Å². The molecule has 0 aromatic heterocycles. The Morgan fingerprint density at radius 2 is 1.74 bits per heavy atom. The summed E-state index contributed by atoms with van der Waals surface area (Å²) in [7, 11) is 0. The first-order chi connectivity index (χ1) is 10.9. The van der Waals surface area contributed by atoms with Gasteiger partial charge in [0, 0.05) is 13.1 Å². The number of carbonyl (C=O) groups is 2. The molecule has 3 atom stereocenters. The lowest BCUT2D eigenvalue weighted by Gasteiger charge is -2.37. The zero-order valence-corrected chi connectivity index (χ0v) is 14.5. The Balaban J connectivity index is 1.68. The van der Waals surface area contributed by atoms with Crippen molar-refractivity contribution in [2.75, 3.05) is 19.8 Å². The first-order valence-electron chi connectivity index (χ1n) is 8.92. The number of carbonyl (C=O) groups excluding carboxylic acids is 2. The third-order valence-corrected chi connectivity index (χ3v) is 5.56. The summed E-state index contributed by atoms with van der Waals surface area (Å²) in [4.78, 5) is 28.9. The van der Waals surface area contributed by atoms with Crippen molar-refractivity contribution in [3.63, 3.8) is 0 Å². The molecular formula is C17H29N3O3. The van der Waals surface area contributed by atoms with Crippen LogP contribution >= 0.6 is 0 Å². The summed E-state index contributed by atoms with van der Waals surface area (Å²) < 4.78 is 5.72. The standard InChI is InChI=1S/C17H29N3O3/c1-12-9-19(10-13(2)23-12)11-20-15(21)17(3,18-16(20)22)14-7-5-4-6-8-14/h12-14H,4-11H2,1-3H3,(H,18,22). The Morgan fingerprint density at radius 3 is 2.35 bits per heavy atom. The van der Waals surface area contributed by atoms with Crippen LogP contribution in [0, 0.1) is 5.92 Å². The Kier molecular flexibility index (Phi) is 4.65. The fourth-order valence-corrected chi connectivity index (χ4v) is 4.40. The van der Waals surface area contributed by atoms with Crippen LogP contribution in [0.5, 0.6) is 0 Å². The normalized spacial score (nSPS) is 37.3. The molecule has 2 saturated heterocycles. The number of rotatable bonds is 3. The Labute approximate surface area is 138 Å². The fourth-order valence-electron chi connectivity index (χ4n) is 4.40. The molecule has 23 heavy (non-hydrogen) atoms. The molecular weight excluding hydrogens is 294 g/mol. The number of amides is 3. The topological polar surface area (TPSA) is 61.9 Å². The molecule has 2 heterocycles. The second-order valence-electron chi connectivity index (χ2n) is 7.64. The van der Waals surface area contributed by atoms with Crippen LogP contribution in [0.4, 0.5) is 4.79 Å². The van der Waals surface area contributed by atoms with Crippen molar-refractivity contribution >= 4 is 11.9 Å². The Bertz CT molecular complexity index is 468. The van der Waals surface area contributed by atoms with Crippen LogP contribution in [-0.2, 0) is 9.53 Å². The van der Waals surface area contributed by atoms with Crippen LogP contribution in [0.15, 0.2) is 0 Å². The first kappa shape index (κ1) is 16.7. The van der Waals surface area contributed by atoms with Crippen LogP contribution < -0.4 is 5.32 Å². The summed E-state index contributed by atoms with van der Waals surface area (Å²) in [5, 5.41) is 2.99. The highest BCUT2D eigenvalue weighted by Gasteiger charge is 2.52. The van der Waals surface area contributed by atoms with E-state index in [1.165, 1.54) is 11.3 Å². The SMILES string of the molecule is CC1CN(CN2C(=O)NC(C)(C3CCCCC3)C2=O)CC(C)O1. The zero-order chi connectivity index (χ0) is 16.6. The number of urea groups is 1. The maximum atomic E-state index is 13.0. The summed E-state index contributed by atoms with van der Waals surface area (Å²) in [5.41, 5.74) is -0.721. The summed E-state index contributed by atoms with van der Waals surface area (Å²) in [6, 6.07) is -0.241. The zero-order valence-electron chi connectivity index (χ0n) is 14.5. The molecule has 130 valence electrons. The summed E-state index contributed by atoms with van der Waals surface area (Å²) in [5.74, 6) is 0.210. The quantitative estimate of drug-likeness (QED) is 0.806. The second kappa shape index (κ2) is 6.40. The van der Waals surface area contributed by atoms with Crippen molar-refractivity contribution in [1.29, 1.82) is 0 Å². The molecule has 6 nitrogen and oxygen atoms in total. The maximum absolute atomic E-state index is 13.0. The van der Waals surface area contributed by atoms with Crippen LogP contribution in [-0.4, -0.2) is 59.2 Å². The number of nitrogens with zero attached hydrogens (tertiary/aromatic N) is 2. The van der Waals surface area contributed by atoms with E-state index in [-0.39, 0.29) is 30.1 Å². The van der Waals surface area contributed by atoms with Crippen LogP contribution in [0.3, 0.4) is 0 Å². The average Bonchev–Trinajstić information content (AvgIpc) is 2.72. The molecule has 2 aliphatic heterocycles. The number of imide groups is 1. The number of hydrogen-bond donors (Lipinski definition) is 1. The van der Waals surface area contributed by atoms with Gasteiger partial charge in [0.2, 0.25) is 0 Å². The van der Waals surface area contributed by atoms with Gasteiger partial charge in [0.25, 0.3) is 5.91 Å². The summed E-state index contributed by atoms with van der Waals surface area (Å²) in [6.45, 7) is 7.84. The molecule has 0 spiro atoms. The third kappa shape index (κ3) is 3.24. The fraction of sp³-hybridized carbons (Fsp3) is 0.882. The molecule has 0 radical (unpaired) electrons. The van der Waals surface area contributed by atoms with Gasteiger partial charge in [-0.3, -0.25) is 9.69 Å². The molecule has 1 aliphatic carbocycles. The largest absolute Gasteiger partial charge is 0.373 e. The van der Waals surface area contributed by atoms with E-state index in [4.69, 9.17) is 4.74 Å². The molecule has 1 saturated carbocycles. The predicted molar refractivity (Wildman–Crippen MR) is 86.8 cm³/mol. The minimum Gasteiger partial charge on any atom is -0.373 e. The highest BCUT2D eigenvalue weighted by Crippen LogP contribution is 2.36. The van der Waals surface area contributed by atoms with Gasteiger partial charge in [-0.25, -0.2) is 9.69 Å². The lowest BCUT2D eigenvalue weighted by molar-refractivity contribution is -0.137. The van der Waals surface area contributed by atoms with E-state index in [0.717, 1.165) is 38.8 Å². The minimum absolute atomic E-state index is 0.0544. The van der Waals surface area contributed by atoms with Crippen molar-refractivity contribution in [3.8, 4) is 0 Å². The van der Waals surface area contributed by atoms with Crippen LogP contribution in [0.2, 0.25) is 0 Å². The Morgan fingerprint density at radius 1 is 1.13 bits per heavy atom. The number of morpholine rings is 1. The van der Waals surface area contributed by atoms with E-state index >= 15 is 0 Å². The molecule has 3 rings (SSSR count). The molecule has 0 aromatic rings. The van der Waals surface area contributed by atoms with Crippen molar-refractivity contribution in [3.05, 3.63) is 0 Å². The molecule has 3 amide bonds. The summed E-state index contributed by atoms with van der Waals surface area (Å²) >= 11 is 0. The van der Waals surface area contributed by atoms with Crippen LogP contribution in [0.25, 0.3) is 0 Å². The monoisotopic (exact) mass is 323 g/mol. The number of nitrogens with one attached hydrogen (secondary N) is 1. The van der Waals surface area contributed by atoms with Crippen molar-refractivity contribution in [2.24, 2.45) is 5.92 Å². The highest BCUT2D eigenvalue weighted by molar-refractivity contribution is 6.07. The van der Waals surface area contributed by atoms with Gasteiger partial charge in [-0.05, 0) is 39.5 Å². The second-order valence-corrected chi connectivity index (χ2v) is 7.64. The third-order valence-electron chi connectivity index (χ3n) is 5.56. The number of ether oxygens (including phenoxy) is 1.